The van der Waals surface area contributed by atoms with Crippen molar-refractivity contribution in [2.75, 3.05) is 13.2 Å². The zero-order valence-electron chi connectivity index (χ0n) is 16.3. The van der Waals surface area contributed by atoms with Crippen molar-refractivity contribution in [1.29, 1.82) is 0 Å². The number of carboxylic acid groups (broad SMARTS) is 1. The minimum Gasteiger partial charge on any atom is -0.481 e. The Labute approximate surface area is 159 Å². The van der Waals surface area contributed by atoms with Crippen molar-refractivity contribution in [3.05, 3.63) is 12.2 Å². The van der Waals surface area contributed by atoms with Gasteiger partial charge >= 0.3 is 5.97 Å². The third kappa shape index (κ3) is 15.4. The largest absolute Gasteiger partial charge is 0.481 e. The van der Waals surface area contributed by atoms with E-state index in [9.17, 15) is 9.90 Å². The van der Waals surface area contributed by atoms with Gasteiger partial charge in [-0.05, 0) is 25.7 Å². The molecule has 0 aromatic carbocycles. The third-order valence-corrected chi connectivity index (χ3v) is 4.78. The minimum absolute atomic E-state index is 0.0729. The third-order valence-electron chi connectivity index (χ3n) is 4.78. The van der Waals surface area contributed by atoms with Crippen molar-refractivity contribution < 1.29 is 25.2 Å². The quantitative estimate of drug-likeness (QED) is 0.202. The predicted octanol–water partition coefficient (Wildman–Crippen LogP) is 4.05. The number of carbonyl (C=O) groups is 1. The Kier molecular flexibility index (Phi) is 18.2. The Hall–Kier alpha value is -0.910. The summed E-state index contributed by atoms with van der Waals surface area (Å²) in [5.74, 6) is -1.99. The molecule has 0 amide bonds. The van der Waals surface area contributed by atoms with E-state index in [4.69, 9.17) is 15.3 Å². The van der Waals surface area contributed by atoms with E-state index in [2.05, 4.69) is 0 Å². The molecule has 5 nitrogen and oxygen atoms in total. The van der Waals surface area contributed by atoms with Crippen LogP contribution in [-0.2, 0) is 4.79 Å². The molecule has 0 fully saturated rings. The summed E-state index contributed by atoms with van der Waals surface area (Å²) in [5.41, 5.74) is 0. The number of aliphatic hydroxyl groups excluding tert-OH is 3. The van der Waals surface area contributed by atoms with Gasteiger partial charge in [-0.15, -0.1) is 0 Å². The van der Waals surface area contributed by atoms with Crippen molar-refractivity contribution in [3.8, 4) is 0 Å². The summed E-state index contributed by atoms with van der Waals surface area (Å²) in [6.45, 7) is 0.0918. The van der Waals surface area contributed by atoms with E-state index in [1.54, 1.807) is 6.08 Å². The Balaban J connectivity index is 3.43. The van der Waals surface area contributed by atoms with E-state index < -0.39 is 18.0 Å². The monoisotopic (exact) mass is 372 g/mol. The molecule has 0 saturated carbocycles. The molecule has 0 aromatic heterocycles. The van der Waals surface area contributed by atoms with E-state index in [0.717, 1.165) is 25.7 Å². The first kappa shape index (κ1) is 25.1. The van der Waals surface area contributed by atoms with Gasteiger partial charge in [0.25, 0.3) is 0 Å². The lowest BCUT2D eigenvalue weighted by molar-refractivity contribution is -0.145. The molecular formula is C21H40O5. The minimum atomic E-state index is -1.07. The van der Waals surface area contributed by atoms with Gasteiger partial charge in [0.2, 0.25) is 0 Å². The van der Waals surface area contributed by atoms with Gasteiger partial charge in [-0.25, -0.2) is 0 Å². The van der Waals surface area contributed by atoms with Crippen molar-refractivity contribution in [1.82, 2.24) is 0 Å². The summed E-state index contributed by atoms with van der Waals surface area (Å²) < 4.78 is 0. The second-order valence-corrected chi connectivity index (χ2v) is 7.13. The van der Waals surface area contributed by atoms with Gasteiger partial charge < -0.3 is 20.4 Å². The number of carboxylic acids is 1. The molecule has 0 radical (unpaired) electrons. The molecule has 0 rings (SSSR count). The molecule has 0 spiro atoms. The number of aliphatic hydroxyl groups is 3. The van der Waals surface area contributed by atoms with Crippen LogP contribution in [0, 0.1) is 5.92 Å². The predicted molar refractivity (Wildman–Crippen MR) is 105 cm³/mol. The number of allylic oxidation sites excluding steroid dienone is 1. The van der Waals surface area contributed by atoms with Crippen LogP contribution in [0.1, 0.15) is 89.9 Å². The summed E-state index contributed by atoms with van der Waals surface area (Å²) in [6.07, 6.45) is 17.9. The van der Waals surface area contributed by atoms with Crippen LogP contribution in [-0.4, -0.2) is 45.7 Å². The highest BCUT2D eigenvalue weighted by molar-refractivity contribution is 5.71. The summed E-state index contributed by atoms with van der Waals surface area (Å²) in [7, 11) is 0. The van der Waals surface area contributed by atoms with E-state index >= 15 is 0 Å². The van der Waals surface area contributed by atoms with Crippen LogP contribution in [0.5, 0.6) is 0 Å². The fourth-order valence-electron chi connectivity index (χ4n) is 3.09. The van der Waals surface area contributed by atoms with Crippen LogP contribution < -0.4 is 0 Å². The van der Waals surface area contributed by atoms with Crippen LogP contribution in [0.25, 0.3) is 0 Å². The maximum Gasteiger partial charge on any atom is 0.309 e. The fraction of sp³-hybridized carbons (Fsp3) is 0.857. The first-order chi connectivity index (χ1) is 12.6. The van der Waals surface area contributed by atoms with Gasteiger partial charge in [-0.2, -0.15) is 0 Å². The van der Waals surface area contributed by atoms with Gasteiger partial charge in [0.1, 0.15) is 0 Å². The zero-order valence-corrected chi connectivity index (χ0v) is 16.3. The van der Waals surface area contributed by atoms with Crippen molar-refractivity contribution in [3.63, 3.8) is 0 Å². The van der Waals surface area contributed by atoms with E-state index in [1.165, 1.54) is 57.8 Å². The Bertz CT molecular complexity index is 343. The standard InChI is InChI=1S/C21H40O5/c22-17-14-12-10-8-6-4-2-1-3-5-7-9-11-13-15-20(24)19(16-18-23)21(25)26/h13,15,19-20,22-24H,1-12,14,16-18H2,(H,25,26). The summed E-state index contributed by atoms with van der Waals surface area (Å²) in [6, 6.07) is 0. The van der Waals surface area contributed by atoms with Crippen LogP contribution in [0.15, 0.2) is 12.2 Å². The second-order valence-electron chi connectivity index (χ2n) is 7.13. The van der Waals surface area contributed by atoms with Gasteiger partial charge in [-0.3, -0.25) is 4.79 Å². The average Bonchev–Trinajstić information content (AvgIpc) is 2.62. The molecule has 26 heavy (non-hydrogen) atoms. The molecule has 0 heterocycles. The maximum absolute atomic E-state index is 11.0. The molecular weight excluding hydrogens is 332 g/mol. The first-order valence-corrected chi connectivity index (χ1v) is 10.4. The molecule has 0 bridgehead atoms. The number of rotatable bonds is 19. The van der Waals surface area contributed by atoms with E-state index in [0.29, 0.717) is 6.61 Å². The maximum atomic E-state index is 11.0. The first-order valence-electron chi connectivity index (χ1n) is 10.4. The van der Waals surface area contributed by atoms with Crippen molar-refractivity contribution in [2.24, 2.45) is 5.92 Å². The second kappa shape index (κ2) is 18.9. The lowest BCUT2D eigenvalue weighted by Crippen LogP contribution is -2.27. The van der Waals surface area contributed by atoms with Gasteiger partial charge in [0.05, 0.1) is 12.0 Å². The Morgan fingerprint density at radius 2 is 1.19 bits per heavy atom. The normalized spacial score (nSPS) is 14.0. The van der Waals surface area contributed by atoms with E-state index in [-0.39, 0.29) is 13.0 Å². The molecule has 0 aliphatic rings. The highest BCUT2D eigenvalue weighted by Crippen LogP contribution is 2.14. The fourth-order valence-corrected chi connectivity index (χ4v) is 3.09. The van der Waals surface area contributed by atoms with Crippen LogP contribution >= 0.6 is 0 Å². The average molecular weight is 373 g/mol. The molecule has 2 unspecified atom stereocenters. The van der Waals surface area contributed by atoms with E-state index in [1.807, 2.05) is 6.08 Å². The molecule has 0 saturated heterocycles. The van der Waals surface area contributed by atoms with Crippen molar-refractivity contribution >= 4 is 5.97 Å². The Morgan fingerprint density at radius 1 is 0.731 bits per heavy atom. The summed E-state index contributed by atoms with van der Waals surface area (Å²) >= 11 is 0. The molecule has 0 aromatic rings. The van der Waals surface area contributed by atoms with Gasteiger partial charge in [0, 0.05) is 13.2 Å². The lowest BCUT2D eigenvalue weighted by atomic mass is 9.98. The molecule has 4 N–H and O–H groups in total. The lowest BCUT2D eigenvalue weighted by Gasteiger charge is -2.14. The number of unbranched alkanes of at least 4 members (excludes halogenated alkanes) is 12. The zero-order chi connectivity index (χ0) is 19.5. The number of aliphatic carboxylic acids is 1. The van der Waals surface area contributed by atoms with Crippen LogP contribution in [0.3, 0.4) is 0 Å². The number of hydrogen-bond donors (Lipinski definition) is 4. The van der Waals surface area contributed by atoms with Gasteiger partial charge in [0.15, 0.2) is 0 Å². The topological polar surface area (TPSA) is 98.0 Å². The molecule has 0 aliphatic heterocycles. The van der Waals surface area contributed by atoms with Gasteiger partial charge in [-0.1, -0.05) is 76.4 Å². The molecule has 0 aliphatic carbocycles. The highest BCUT2D eigenvalue weighted by Gasteiger charge is 2.23. The van der Waals surface area contributed by atoms with Crippen molar-refractivity contribution in [2.45, 2.75) is 96.0 Å². The smallest absolute Gasteiger partial charge is 0.309 e. The van der Waals surface area contributed by atoms with Crippen LogP contribution in [0.4, 0.5) is 0 Å². The molecule has 154 valence electrons. The molecule has 2 atom stereocenters. The molecule has 5 heteroatoms. The summed E-state index contributed by atoms with van der Waals surface area (Å²) in [4.78, 5) is 11.0. The Morgan fingerprint density at radius 3 is 1.62 bits per heavy atom. The SMILES string of the molecule is O=C(O)C(CCO)C(O)C=CCCCCCCCCCCCCCCO. The number of hydrogen-bond acceptors (Lipinski definition) is 4. The highest BCUT2D eigenvalue weighted by atomic mass is 16.4. The van der Waals surface area contributed by atoms with Crippen LogP contribution in [0.2, 0.25) is 0 Å². The summed E-state index contributed by atoms with van der Waals surface area (Å²) in [5, 5.41) is 36.3.